The molecule has 0 aromatic heterocycles. The zero-order valence-electron chi connectivity index (χ0n) is 10.4. The molecule has 0 bridgehead atoms. The van der Waals surface area contributed by atoms with Crippen LogP contribution in [-0.2, 0) is 16.1 Å². The maximum absolute atomic E-state index is 5.83. The largest absolute Gasteiger partial charge is 0.374 e. The predicted molar refractivity (Wildman–Crippen MR) is 67.7 cm³/mol. The normalized spacial score (nSPS) is 27.8. The first-order valence-corrected chi connectivity index (χ1v) is 6.27. The molecule has 2 N–H and O–H groups in total. The summed E-state index contributed by atoms with van der Waals surface area (Å²) in [6, 6.07) is 10.2. The minimum absolute atomic E-state index is 0.115. The molecule has 0 saturated heterocycles. The van der Waals surface area contributed by atoms with Crippen molar-refractivity contribution in [2.75, 3.05) is 13.2 Å². The molecule has 1 aromatic rings. The van der Waals surface area contributed by atoms with E-state index < -0.39 is 0 Å². The summed E-state index contributed by atoms with van der Waals surface area (Å²) in [6.07, 6.45) is 2.14. The van der Waals surface area contributed by atoms with Crippen LogP contribution in [0.4, 0.5) is 0 Å². The maximum atomic E-state index is 5.83. The molecule has 0 aliphatic heterocycles. The third-order valence-corrected chi connectivity index (χ3v) is 3.35. The van der Waals surface area contributed by atoms with Gasteiger partial charge in [0.25, 0.3) is 0 Å². The lowest BCUT2D eigenvalue weighted by molar-refractivity contribution is -0.168. The van der Waals surface area contributed by atoms with E-state index in [0.29, 0.717) is 19.3 Å². The van der Waals surface area contributed by atoms with Gasteiger partial charge in [-0.05, 0) is 12.5 Å². The molecule has 0 spiro atoms. The molecular weight excluding hydrogens is 214 g/mol. The average Bonchev–Trinajstić information content (AvgIpc) is 2.33. The number of ether oxygens (including phenoxy) is 2. The van der Waals surface area contributed by atoms with Gasteiger partial charge in [0, 0.05) is 26.0 Å². The number of nitrogens with two attached hydrogens (primary N) is 1. The Labute approximate surface area is 103 Å². The van der Waals surface area contributed by atoms with Crippen molar-refractivity contribution in [3.05, 3.63) is 35.9 Å². The van der Waals surface area contributed by atoms with Gasteiger partial charge >= 0.3 is 0 Å². The quantitative estimate of drug-likeness (QED) is 0.821. The van der Waals surface area contributed by atoms with Crippen LogP contribution in [0, 0.1) is 0 Å². The maximum Gasteiger partial charge on any atom is 0.0853 e. The van der Waals surface area contributed by atoms with E-state index in [2.05, 4.69) is 12.1 Å². The second kappa shape index (κ2) is 5.63. The topological polar surface area (TPSA) is 44.5 Å². The van der Waals surface area contributed by atoms with Crippen molar-refractivity contribution >= 4 is 0 Å². The molecule has 1 aromatic carbocycles. The lowest BCUT2D eigenvalue weighted by atomic mass is 9.77. The highest BCUT2D eigenvalue weighted by molar-refractivity contribution is 5.13. The highest BCUT2D eigenvalue weighted by Crippen LogP contribution is 2.37. The third kappa shape index (κ3) is 3.06. The van der Waals surface area contributed by atoms with Crippen LogP contribution < -0.4 is 5.73 Å². The van der Waals surface area contributed by atoms with Crippen molar-refractivity contribution in [1.29, 1.82) is 0 Å². The molecule has 1 saturated carbocycles. The van der Waals surface area contributed by atoms with Gasteiger partial charge in [0.15, 0.2) is 0 Å². The zero-order valence-corrected chi connectivity index (χ0v) is 10.4. The molecule has 94 valence electrons. The second-order valence-electron chi connectivity index (χ2n) is 4.65. The first-order chi connectivity index (χ1) is 8.28. The standard InChI is InChI=1S/C14H21NO2/c1-2-17-14(11-15)8-13(9-14)16-10-12-6-4-3-5-7-12/h3-7,13H,2,8-11,15H2,1H3. The van der Waals surface area contributed by atoms with Crippen LogP contribution in [0.3, 0.4) is 0 Å². The Hall–Kier alpha value is -0.900. The molecule has 0 radical (unpaired) electrons. The van der Waals surface area contributed by atoms with E-state index in [1.807, 2.05) is 25.1 Å². The van der Waals surface area contributed by atoms with Gasteiger partial charge in [-0.2, -0.15) is 0 Å². The zero-order chi connectivity index (χ0) is 12.1. The van der Waals surface area contributed by atoms with Gasteiger partial charge in [-0.25, -0.2) is 0 Å². The van der Waals surface area contributed by atoms with E-state index in [1.165, 1.54) is 5.56 Å². The smallest absolute Gasteiger partial charge is 0.0853 e. The van der Waals surface area contributed by atoms with Crippen molar-refractivity contribution in [2.45, 2.75) is 38.1 Å². The van der Waals surface area contributed by atoms with E-state index in [0.717, 1.165) is 19.4 Å². The number of benzene rings is 1. The summed E-state index contributed by atoms with van der Waals surface area (Å²) in [4.78, 5) is 0. The fourth-order valence-corrected chi connectivity index (χ4v) is 2.33. The SMILES string of the molecule is CCOC1(CN)CC(OCc2ccccc2)C1. The summed E-state index contributed by atoms with van der Waals surface area (Å²) in [5.41, 5.74) is 6.85. The molecule has 3 nitrogen and oxygen atoms in total. The predicted octanol–water partition coefficient (Wildman–Crippen LogP) is 2.10. The molecule has 2 rings (SSSR count). The Bertz CT molecular complexity index is 333. The summed E-state index contributed by atoms with van der Waals surface area (Å²) < 4.78 is 11.5. The van der Waals surface area contributed by atoms with Crippen LogP contribution in [0.5, 0.6) is 0 Å². The van der Waals surface area contributed by atoms with E-state index in [-0.39, 0.29) is 5.60 Å². The van der Waals surface area contributed by atoms with Gasteiger partial charge in [0.1, 0.15) is 0 Å². The number of hydrogen-bond donors (Lipinski definition) is 1. The van der Waals surface area contributed by atoms with Gasteiger partial charge in [-0.1, -0.05) is 30.3 Å². The summed E-state index contributed by atoms with van der Waals surface area (Å²) >= 11 is 0. The second-order valence-corrected chi connectivity index (χ2v) is 4.65. The van der Waals surface area contributed by atoms with E-state index in [4.69, 9.17) is 15.2 Å². The summed E-state index contributed by atoms with van der Waals surface area (Å²) in [7, 11) is 0. The van der Waals surface area contributed by atoms with Crippen LogP contribution in [-0.4, -0.2) is 24.9 Å². The van der Waals surface area contributed by atoms with Crippen LogP contribution in [0.25, 0.3) is 0 Å². The van der Waals surface area contributed by atoms with Crippen LogP contribution >= 0.6 is 0 Å². The number of hydrogen-bond acceptors (Lipinski definition) is 3. The number of rotatable bonds is 6. The Morgan fingerprint density at radius 3 is 2.59 bits per heavy atom. The molecule has 0 atom stereocenters. The average molecular weight is 235 g/mol. The van der Waals surface area contributed by atoms with E-state index in [9.17, 15) is 0 Å². The van der Waals surface area contributed by atoms with Gasteiger partial charge in [-0.3, -0.25) is 0 Å². The fraction of sp³-hybridized carbons (Fsp3) is 0.571. The highest BCUT2D eigenvalue weighted by atomic mass is 16.5. The molecule has 0 amide bonds. The van der Waals surface area contributed by atoms with Gasteiger partial charge in [0.05, 0.1) is 18.3 Å². The summed E-state index contributed by atoms with van der Waals surface area (Å²) in [5, 5.41) is 0. The molecule has 1 aliphatic carbocycles. The van der Waals surface area contributed by atoms with Gasteiger partial charge < -0.3 is 15.2 Å². The first kappa shape index (κ1) is 12.6. The van der Waals surface area contributed by atoms with Crippen molar-refractivity contribution in [1.82, 2.24) is 0 Å². The van der Waals surface area contributed by atoms with Crippen molar-refractivity contribution in [2.24, 2.45) is 5.73 Å². The molecule has 1 aliphatic rings. The van der Waals surface area contributed by atoms with Crippen molar-refractivity contribution in [3.8, 4) is 0 Å². The van der Waals surface area contributed by atoms with Crippen molar-refractivity contribution < 1.29 is 9.47 Å². The lowest BCUT2D eigenvalue weighted by Gasteiger charge is -2.46. The molecule has 0 heterocycles. The van der Waals surface area contributed by atoms with Crippen LogP contribution in [0.1, 0.15) is 25.3 Å². The van der Waals surface area contributed by atoms with Gasteiger partial charge in [0.2, 0.25) is 0 Å². The van der Waals surface area contributed by atoms with Gasteiger partial charge in [-0.15, -0.1) is 0 Å². The van der Waals surface area contributed by atoms with E-state index >= 15 is 0 Å². The molecule has 0 unspecified atom stereocenters. The third-order valence-electron chi connectivity index (χ3n) is 3.35. The molecule has 17 heavy (non-hydrogen) atoms. The van der Waals surface area contributed by atoms with Crippen LogP contribution in [0.2, 0.25) is 0 Å². The van der Waals surface area contributed by atoms with Crippen molar-refractivity contribution in [3.63, 3.8) is 0 Å². The Balaban J connectivity index is 1.74. The Morgan fingerprint density at radius 2 is 2.00 bits per heavy atom. The summed E-state index contributed by atoms with van der Waals surface area (Å²) in [6.45, 7) is 4.00. The minimum atomic E-state index is -0.115. The first-order valence-electron chi connectivity index (χ1n) is 6.27. The Morgan fingerprint density at radius 1 is 1.29 bits per heavy atom. The molecule has 1 fully saturated rings. The monoisotopic (exact) mass is 235 g/mol. The Kier molecular flexibility index (Phi) is 4.15. The minimum Gasteiger partial charge on any atom is -0.374 e. The summed E-state index contributed by atoms with van der Waals surface area (Å²) in [5.74, 6) is 0. The van der Waals surface area contributed by atoms with E-state index in [1.54, 1.807) is 0 Å². The lowest BCUT2D eigenvalue weighted by Crippen LogP contribution is -2.55. The molecule has 3 heteroatoms. The molecular formula is C14H21NO2. The van der Waals surface area contributed by atoms with Crippen LogP contribution in [0.15, 0.2) is 30.3 Å². The highest BCUT2D eigenvalue weighted by Gasteiger charge is 2.44. The fourth-order valence-electron chi connectivity index (χ4n) is 2.33.